The SMILES string of the molecule is O=C(CCc1ccccc1)N1CCC[C@@H](c2nc3ccc(-c4cccnc4)cn3n2)C1. The van der Waals surface area contributed by atoms with E-state index in [9.17, 15) is 4.79 Å². The van der Waals surface area contributed by atoms with Gasteiger partial charge in [-0.3, -0.25) is 9.78 Å². The summed E-state index contributed by atoms with van der Waals surface area (Å²) in [6.07, 6.45) is 8.93. The molecule has 0 aliphatic carbocycles. The molecule has 1 aromatic carbocycles. The average Bonchev–Trinajstić information content (AvgIpc) is 3.27. The largest absolute Gasteiger partial charge is 0.342 e. The number of nitrogens with zero attached hydrogens (tertiary/aromatic N) is 5. The molecule has 1 amide bonds. The third kappa shape index (κ3) is 4.33. The lowest BCUT2D eigenvalue weighted by Gasteiger charge is -2.31. The Hall–Kier alpha value is -3.54. The van der Waals surface area contributed by atoms with E-state index in [1.807, 2.05) is 64.3 Å². The molecule has 1 aliphatic heterocycles. The van der Waals surface area contributed by atoms with Crippen LogP contribution in [0.15, 0.2) is 73.2 Å². The highest BCUT2D eigenvalue weighted by Gasteiger charge is 2.27. The van der Waals surface area contributed by atoms with E-state index in [1.165, 1.54) is 5.56 Å². The van der Waals surface area contributed by atoms with Crippen LogP contribution in [0.1, 0.15) is 36.6 Å². The van der Waals surface area contributed by atoms with Crippen LogP contribution in [0.4, 0.5) is 0 Å². The molecule has 1 fully saturated rings. The van der Waals surface area contributed by atoms with E-state index in [1.54, 1.807) is 6.20 Å². The highest BCUT2D eigenvalue weighted by Crippen LogP contribution is 2.26. The Morgan fingerprint density at radius 2 is 1.94 bits per heavy atom. The van der Waals surface area contributed by atoms with Crippen LogP contribution >= 0.6 is 0 Å². The van der Waals surface area contributed by atoms with Crippen LogP contribution < -0.4 is 0 Å². The van der Waals surface area contributed by atoms with Gasteiger partial charge in [0, 0.05) is 55.1 Å². The minimum absolute atomic E-state index is 0.177. The Kier molecular flexibility index (Phi) is 5.44. The number of rotatable bonds is 5. The maximum absolute atomic E-state index is 12.8. The van der Waals surface area contributed by atoms with E-state index in [-0.39, 0.29) is 11.8 Å². The van der Waals surface area contributed by atoms with Gasteiger partial charge in [-0.2, -0.15) is 5.10 Å². The number of amides is 1. The van der Waals surface area contributed by atoms with Crippen LogP contribution in [0.5, 0.6) is 0 Å². The Morgan fingerprint density at radius 3 is 2.77 bits per heavy atom. The number of benzene rings is 1. The highest BCUT2D eigenvalue weighted by molar-refractivity contribution is 5.76. The van der Waals surface area contributed by atoms with Crippen molar-refractivity contribution in [2.45, 2.75) is 31.6 Å². The van der Waals surface area contributed by atoms with Gasteiger partial charge in [-0.05, 0) is 43.0 Å². The number of hydrogen-bond acceptors (Lipinski definition) is 4. The molecule has 156 valence electrons. The summed E-state index contributed by atoms with van der Waals surface area (Å²) in [5.41, 5.74) is 4.14. The molecule has 0 saturated carbocycles. The number of piperidine rings is 1. The molecule has 0 unspecified atom stereocenters. The fourth-order valence-electron chi connectivity index (χ4n) is 4.25. The Balaban J connectivity index is 1.28. The molecular formula is C25H25N5O. The van der Waals surface area contributed by atoms with Crippen molar-refractivity contribution in [2.24, 2.45) is 0 Å². The topological polar surface area (TPSA) is 63.4 Å². The molecule has 0 spiro atoms. The first kappa shape index (κ1) is 19.4. The fraction of sp³-hybridized carbons (Fsp3) is 0.280. The van der Waals surface area contributed by atoms with Gasteiger partial charge in [-0.25, -0.2) is 9.50 Å². The number of fused-ring (bicyclic) bond motifs is 1. The average molecular weight is 412 g/mol. The zero-order valence-corrected chi connectivity index (χ0v) is 17.4. The lowest BCUT2D eigenvalue weighted by atomic mass is 9.97. The van der Waals surface area contributed by atoms with Crippen molar-refractivity contribution >= 4 is 11.6 Å². The number of aromatic nitrogens is 4. The predicted molar refractivity (Wildman–Crippen MR) is 120 cm³/mol. The van der Waals surface area contributed by atoms with Crippen molar-refractivity contribution in [1.82, 2.24) is 24.5 Å². The number of hydrogen-bond donors (Lipinski definition) is 0. The summed E-state index contributed by atoms with van der Waals surface area (Å²) in [6, 6.07) is 18.2. The van der Waals surface area contributed by atoms with Crippen LogP contribution in [0.2, 0.25) is 0 Å². The van der Waals surface area contributed by atoms with Crippen molar-refractivity contribution in [3.63, 3.8) is 0 Å². The summed E-state index contributed by atoms with van der Waals surface area (Å²) >= 11 is 0. The first-order valence-electron chi connectivity index (χ1n) is 10.8. The molecule has 4 aromatic rings. The molecule has 0 N–H and O–H groups in total. The summed E-state index contributed by atoms with van der Waals surface area (Å²) in [7, 11) is 0. The standard InChI is InChI=1S/C25H25N5O/c31-24(13-10-19-6-2-1-3-7-19)29-15-5-9-22(17-29)25-27-23-12-11-21(18-30(23)28-25)20-8-4-14-26-16-20/h1-4,6-8,11-12,14,16,18,22H,5,9-10,13,15,17H2/t22-/m1/s1. The maximum Gasteiger partial charge on any atom is 0.222 e. The lowest BCUT2D eigenvalue weighted by Crippen LogP contribution is -2.39. The third-order valence-electron chi connectivity index (χ3n) is 5.95. The van der Waals surface area contributed by atoms with E-state index < -0.39 is 0 Å². The van der Waals surface area contributed by atoms with Gasteiger partial charge in [0.1, 0.15) is 0 Å². The Morgan fingerprint density at radius 1 is 1.03 bits per heavy atom. The van der Waals surface area contributed by atoms with Gasteiger partial charge in [0.15, 0.2) is 11.5 Å². The molecule has 31 heavy (non-hydrogen) atoms. The molecular weight excluding hydrogens is 386 g/mol. The number of aryl methyl sites for hydroxylation is 1. The molecule has 1 aliphatic rings. The number of pyridine rings is 2. The van der Waals surface area contributed by atoms with Crippen LogP contribution in [-0.2, 0) is 11.2 Å². The van der Waals surface area contributed by atoms with Crippen LogP contribution in [0.25, 0.3) is 16.8 Å². The molecule has 6 heteroatoms. The molecule has 6 nitrogen and oxygen atoms in total. The monoisotopic (exact) mass is 411 g/mol. The summed E-state index contributed by atoms with van der Waals surface area (Å²) in [6.45, 7) is 1.52. The third-order valence-corrected chi connectivity index (χ3v) is 5.95. The van der Waals surface area contributed by atoms with E-state index in [0.29, 0.717) is 13.0 Å². The summed E-state index contributed by atoms with van der Waals surface area (Å²) in [4.78, 5) is 23.7. The normalized spacial score (nSPS) is 16.5. The summed E-state index contributed by atoms with van der Waals surface area (Å²) < 4.78 is 1.84. The number of likely N-dealkylation sites (tertiary alicyclic amines) is 1. The van der Waals surface area contributed by atoms with Gasteiger partial charge in [0.2, 0.25) is 5.91 Å². The van der Waals surface area contributed by atoms with Gasteiger partial charge >= 0.3 is 0 Å². The zero-order chi connectivity index (χ0) is 21.0. The van der Waals surface area contributed by atoms with E-state index in [4.69, 9.17) is 10.1 Å². The Bertz CT molecular complexity index is 1170. The van der Waals surface area contributed by atoms with Crippen LogP contribution in [0, 0.1) is 0 Å². The van der Waals surface area contributed by atoms with Gasteiger partial charge in [0.05, 0.1) is 0 Å². The zero-order valence-electron chi connectivity index (χ0n) is 17.4. The van der Waals surface area contributed by atoms with Crippen molar-refractivity contribution in [3.05, 3.63) is 84.6 Å². The minimum Gasteiger partial charge on any atom is -0.342 e. The second-order valence-electron chi connectivity index (χ2n) is 8.10. The Labute approximate surface area is 181 Å². The lowest BCUT2D eigenvalue weighted by molar-refractivity contribution is -0.132. The van der Waals surface area contributed by atoms with Gasteiger partial charge < -0.3 is 4.90 Å². The molecule has 4 heterocycles. The van der Waals surface area contributed by atoms with Crippen molar-refractivity contribution in [2.75, 3.05) is 13.1 Å². The van der Waals surface area contributed by atoms with E-state index >= 15 is 0 Å². The van der Waals surface area contributed by atoms with Gasteiger partial charge in [0.25, 0.3) is 0 Å². The second kappa shape index (κ2) is 8.68. The van der Waals surface area contributed by atoms with E-state index in [2.05, 4.69) is 17.1 Å². The summed E-state index contributed by atoms with van der Waals surface area (Å²) in [5, 5.41) is 4.76. The first-order valence-corrected chi connectivity index (χ1v) is 10.8. The molecule has 0 radical (unpaired) electrons. The second-order valence-corrected chi connectivity index (χ2v) is 8.10. The van der Waals surface area contributed by atoms with Gasteiger partial charge in [-0.15, -0.1) is 0 Å². The molecule has 1 saturated heterocycles. The first-order chi connectivity index (χ1) is 15.3. The number of carbonyl (C=O) groups excluding carboxylic acids is 1. The summed E-state index contributed by atoms with van der Waals surface area (Å²) in [5.74, 6) is 1.22. The predicted octanol–water partition coefficient (Wildman–Crippen LogP) is 4.13. The minimum atomic E-state index is 0.177. The smallest absolute Gasteiger partial charge is 0.222 e. The van der Waals surface area contributed by atoms with Gasteiger partial charge in [-0.1, -0.05) is 36.4 Å². The van der Waals surface area contributed by atoms with Crippen molar-refractivity contribution in [1.29, 1.82) is 0 Å². The molecule has 3 aromatic heterocycles. The molecule has 1 atom stereocenters. The van der Waals surface area contributed by atoms with Crippen LogP contribution in [0.3, 0.4) is 0 Å². The molecule has 0 bridgehead atoms. The van der Waals surface area contributed by atoms with Crippen molar-refractivity contribution < 1.29 is 4.79 Å². The molecule has 5 rings (SSSR count). The number of carbonyl (C=O) groups is 1. The van der Waals surface area contributed by atoms with Crippen molar-refractivity contribution in [3.8, 4) is 11.1 Å². The fourth-order valence-corrected chi connectivity index (χ4v) is 4.25. The maximum atomic E-state index is 12.8. The highest BCUT2D eigenvalue weighted by atomic mass is 16.2. The van der Waals surface area contributed by atoms with Crippen LogP contribution in [-0.4, -0.2) is 43.5 Å². The van der Waals surface area contributed by atoms with E-state index in [0.717, 1.165) is 48.4 Å². The quantitative estimate of drug-likeness (QED) is 0.495.